The minimum Gasteiger partial charge on any atom is -0.503 e. The van der Waals surface area contributed by atoms with Gasteiger partial charge in [0.15, 0.2) is 17.2 Å². The van der Waals surface area contributed by atoms with Gasteiger partial charge in [0.1, 0.15) is 22.2 Å². The first-order valence-corrected chi connectivity index (χ1v) is 11.3. The molecule has 2 N–H and O–H groups in total. The minimum atomic E-state index is -1.03. The van der Waals surface area contributed by atoms with Crippen LogP contribution in [-0.4, -0.2) is 44.8 Å². The molecule has 1 fully saturated rings. The standard InChI is InChI=1S/C23H24ClF2N3O5/c1-4-7-23-12(3)28-9-14(21(32)27-8-13-5-6-15(25)16(24)17(13)26)19(30)20(31)18(28)22(33)29(23)11(2)10-34-23/h5-6,9,11-12,31H,4,7-8,10H2,1-3H3,(H,27,32)/t11-,12+,23+/m1/s1. The van der Waals surface area contributed by atoms with Crippen molar-refractivity contribution in [3.63, 3.8) is 0 Å². The highest BCUT2D eigenvalue weighted by Crippen LogP contribution is 2.46. The maximum absolute atomic E-state index is 14.2. The number of hydrogen-bond donors (Lipinski definition) is 2. The second-order valence-corrected chi connectivity index (χ2v) is 8.98. The normalized spacial score (nSPS) is 23.6. The van der Waals surface area contributed by atoms with Gasteiger partial charge in [-0.05, 0) is 26.3 Å². The number of benzene rings is 1. The molecule has 3 atom stereocenters. The number of aromatic hydroxyl groups is 1. The van der Waals surface area contributed by atoms with Gasteiger partial charge in [0.2, 0.25) is 5.43 Å². The van der Waals surface area contributed by atoms with Gasteiger partial charge >= 0.3 is 0 Å². The molecule has 8 nitrogen and oxygen atoms in total. The number of nitrogens with one attached hydrogen (secondary N) is 1. The summed E-state index contributed by atoms with van der Waals surface area (Å²) < 4.78 is 35.0. The van der Waals surface area contributed by atoms with Gasteiger partial charge in [0, 0.05) is 18.3 Å². The van der Waals surface area contributed by atoms with E-state index in [0.29, 0.717) is 19.4 Å². The Labute approximate surface area is 199 Å². The summed E-state index contributed by atoms with van der Waals surface area (Å²) in [4.78, 5) is 40.5. The maximum atomic E-state index is 14.2. The maximum Gasteiger partial charge on any atom is 0.277 e. The largest absolute Gasteiger partial charge is 0.503 e. The highest BCUT2D eigenvalue weighted by molar-refractivity contribution is 6.30. The molecule has 1 aromatic heterocycles. The Morgan fingerprint density at radius 3 is 2.71 bits per heavy atom. The number of fused-ring (bicyclic) bond motifs is 2. The molecule has 0 bridgehead atoms. The summed E-state index contributed by atoms with van der Waals surface area (Å²) in [5.74, 6) is -4.27. The smallest absolute Gasteiger partial charge is 0.277 e. The fraction of sp³-hybridized carbons (Fsp3) is 0.435. The third-order valence-corrected chi connectivity index (χ3v) is 6.88. The van der Waals surface area contributed by atoms with E-state index in [4.69, 9.17) is 16.3 Å². The number of rotatable bonds is 5. The van der Waals surface area contributed by atoms with Crippen molar-refractivity contribution in [2.24, 2.45) is 0 Å². The van der Waals surface area contributed by atoms with Gasteiger partial charge in [-0.1, -0.05) is 31.0 Å². The first-order valence-electron chi connectivity index (χ1n) is 10.9. The molecule has 11 heteroatoms. The van der Waals surface area contributed by atoms with Crippen LogP contribution in [0.5, 0.6) is 5.75 Å². The zero-order valence-corrected chi connectivity index (χ0v) is 19.6. The van der Waals surface area contributed by atoms with Crippen molar-refractivity contribution in [1.82, 2.24) is 14.8 Å². The number of aromatic nitrogens is 1. The fourth-order valence-electron chi connectivity index (χ4n) is 4.84. The molecule has 0 unspecified atom stereocenters. The monoisotopic (exact) mass is 495 g/mol. The SMILES string of the molecule is CCC[C@@]12OC[C@@H](C)N1C(=O)c1c(O)c(=O)c(C(=O)NCc3ccc(F)c(Cl)c3F)cn1[C@H]2C. The molecular formula is C23H24ClF2N3O5. The van der Waals surface area contributed by atoms with Crippen LogP contribution in [-0.2, 0) is 11.3 Å². The molecule has 4 rings (SSSR count). The van der Waals surface area contributed by atoms with Gasteiger partial charge in [0.25, 0.3) is 11.8 Å². The van der Waals surface area contributed by atoms with Gasteiger partial charge in [-0.3, -0.25) is 14.4 Å². The first-order chi connectivity index (χ1) is 16.0. The first kappa shape index (κ1) is 24.2. The van der Waals surface area contributed by atoms with Crippen LogP contribution >= 0.6 is 11.6 Å². The van der Waals surface area contributed by atoms with Crippen LogP contribution in [0, 0.1) is 11.6 Å². The van der Waals surface area contributed by atoms with E-state index in [0.717, 1.165) is 12.1 Å². The van der Waals surface area contributed by atoms with E-state index in [2.05, 4.69) is 5.32 Å². The number of nitrogens with zero attached hydrogens (tertiary/aromatic N) is 2. The van der Waals surface area contributed by atoms with Crippen molar-refractivity contribution in [2.45, 2.75) is 58.0 Å². The predicted octanol–water partition coefficient (Wildman–Crippen LogP) is 3.35. The van der Waals surface area contributed by atoms with Crippen LogP contribution in [0.2, 0.25) is 5.02 Å². The molecule has 182 valence electrons. The summed E-state index contributed by atoms with van der Waals surface area (Å²) in [5.41, 5.74) is -2.74. The summed E-state index contributed by atoms with van der Waals surface area (Å²) in [6.45, 7) is 5.49. The molecular weight excluding hydrogens is 472 g/mol. The lowest BCUT2D eigenvalue weighted by atomic mass is 9.92. The van der Waals surface area contributed by atoms with Gasteiger partial charge in [-0.25, -0.2) is 8.78 Å². The molecule has 1 saturated heterocycles. The zero-order valence-electron chi connectivity index (χ0n) is 18.8. The fourth-order valence-corrected chi connectivity index (χ4v) is 5.02. The van der Waals surface area contributed by atoms with E-state index < -0.39 is 57.0 Å². The molecule has 0 aliphatic carbocycles. The minimum absolute atomic E-state index is 0.0866. The topological polar surface area (TPSA) is 101 Å². The molecule has 2 aliphatic heterocycles. The Morgan fingerprint density at radius 2 is 2.03 bits per heavy atom. The van der Waals surface area contributed by atoms with Gasteiger partial charge in [0.05, 0.1) is 18.7 Å². The average Bonchev–Trinajstić information content (AvgIpc) is 3.14. The van der Waals surface area contributed by atoms with Crippen molar-refractivity contribution in [3.8, 4) is 5.75 Å². The Kier molecular flexibility index (Phi) is 6.15. The lowest BCUT2D eigenvalue weighted by Gasteiger charge is -2.48. The zero-order chi connectivity index (χ0) is 24.9. The van der Waals surface area contributed by atoms with Crippen molar-refractivity contribution >= 4 is 23.4 Å². The molecule has 3 heterocycles. The number of carbonyl (C=O) groups is 2. The van der Waals surface area contributed by atoms with Crippen molar-refractivity contribution in [1.29, 1.82) is 0 Å². The van der Waals surface area contributed by atoms with Crippen LogP contribution < -0.4 is 10.7 Å². The lowest BCUT2D eigenvalue weighted by Crippen LogP contribution is -2.59. The Morgan fingerprint density at radius 1 is 1.32 bits per heavy atom. The van der Waals surface area contributed by atoms with E-state index in [9.17, 15) is 28.3 Å². The van der Waals surface area contributed by atoms with Crippen LogP contribution in [0.15, 0.2) is 23.1 Å². The lowest BCUT2D eigenvalue weighted by molar-refractivity contribution is -0.117. The molecule has 1 aromatic carbocycles. The van der Waals surface area contributed by atoms with Crippen molar-refractivity contribution in [2.75, 3.05) is 6.61 Å². The second kappa shape index (κ2) is 8.66. The van der Waals surface area contributed by atoms with E-state index >= 15 is 0 Å². The molecule has 2 amide bonds. The molecule has 2 aliphatic rings. The quantitative estimate of drug-likeness (QED) is 0.620. The number of ether oxygens (including phenoxy) is 1. The number of amides is 2. The Balaban J connectivity index is 1.72. The third-order valence-electron chi connectivity index (χ3n) is 6.53. The van der Waals surface area contributed by atoms with Gasteiger partial charge < -0.3 is 24.6 Å². The summed E-state index contributed by atoms with van der Waals surface area (Å²) in [6, 6.07) is 1.30. The van der Waals surface area contributed by atoms with E-state index in [1.165, 1.54) is 10.8 Å². The third kappa shape index (κ3) is 3.47. The molecule has 34 heavy (non-hydrogen) atoms. The number of carbonyl (C=O) groups excluding carboxylic acids is 2. The van der Waals surface area contributed by atoms with Crippen molar-refractivity contribution in [3.05, 3.63) is 62.0 Å². The predicted molar refractivity (Wildman–Crippen MR) is 119 cm³/mol. The number of halogens is 3. The number of pyridine rings is 1. The van der Waals surface area contributed by atoms with Crippen molar-refractivity contribution < 1.29 is 28.2 Å². The molecule has 0 saturated carbocycles. The average molecular weight is 496 g/mol. The van der Waals surface area contributed by atoms with E-state index in [1.807, 2.05) is 13.8 Å². The van der Waals surface area contributed by atoms with Crippen LogP contribution in [0.4, 0.5) is 8.78 Å². The van der Waals surface area contributed by atoms with Gasteiger partial charge in [-0.2, -0.15) is 0 Å². The Hall–Kier alpha value is -2.98. The van der Waals surface area contributed by atoms with Crippen LogP contribution in [0.3, 0.4) is 0 Å². The summed E-state index contributed by atoms with van der Waals surface area (Å²) >= 11 is 5.57. The molecule has 0 spiro atoms. The molecule has 2 aromatic rings. The van der Waals surface area contributed by atoms with E-state index in [-0.39, 0.29) is 23.8 Å². The number of hydrogen-bond acceptors (Lipinski definition) is 5. The van der Waals surface area contributed by atoms with Crippen LogP contribution in [0.25, 0.3) is 0 Å². The summed E-state index contributed by atoms with van der Waals surface area (Å²) in [6.07, 6.45) is 2.44. The second-order valence-electron chi connectivity index (χ2n) is 8.60. The van der Waals surface area contributed by atoms with Gasteiger partial charge in [-0.15, -0.1) is 0 Å². The summed E-state index contributed by atoms with van der Waals surface area (Å²) in [5, 5.41) is 12.3. The Bertz CT molecular complexity index is 1250. The highest BCUT2D eigenvalue weighted by Gasteiger charge is 2.57. The highest BCUT2D eigenvalue weighted by atomic mass is 35.5. The van der Waals surface area contributed by atoms with E-state index in [1.54, 1.807) is 11.8 Å². The molecule has 0 radical (unpaired) electrons. The van der Waals surface area contributed by atoms with Crippen LogP contribution in [0.1, 0.15) is 66.1 Å². The summed E-state index contributed by atoms with van der Waals surface area (Å²) in [7, 11) is 0.